The maximum Gasteiger partial charge on any atom is 0.303 e. The van der Waals surface area contributed by atoms with Crippen LogP contribution in [-0.4, -0.2) is 40.3 Å². The van der Waals surface area contributed by atoms with Gasteiger partial charge in [-0.2, -0.15) is 5.26 Å². The number of benzene rings is 1. The Hall–Kier alpha value is -2.73. The maximum atomic E-state index is 12.0. The summed E-state index contributed by atoms with van der Waals surface area (Å²) in [4.78, 5) is 22.5. The number of hydrogen-bond acceptors (Lipinski definition) is 6. The molecule has 0 fully saturated rings. The van der Waals surface area contributed by atoms with Crippen LogP contribution in [0.15, 0.2) is 24.3 Å². The highest BCUT2D eigenvalue weighted by Crippen LogP contribution is 2.27. The van der Waals surface area contributed by atoms with Crippen molar-refractivity contribution in [2.24, 2.45) is 0 Å². The molecule has 0 aliphatic carbocycles. The second kappa shape index (κ2) is 11.1. The number of aliphatic carboxylic acids is 1. The number of allylic oxidation sites excluding steroid dienone is 1. The number of rotatable bonds is 10. The minimum Gasteiger partial charge on any atom is -0.481 e. The van der Waals surface area contributed by atoms with Crippen molar-refractivity contribution >= 4 is 17.6 Å². The standard InChI is InChI=1S/C19H25N3O5/c1-13-9-17(15(11-20)10-16(13)18(25)12-23)22(14(2)24)21-8-6-4-3-5-7-19(26)27/h4,6,9-10,18,21,23,25H,3,5,7-8,12H2,1-2H3,(H,26,27)/b6-4-. The van der Waals surface area contributed by atoms with Crippen LogP contribution in [0.4, 0.5) is 5.69 Å². The summed E-state index contributed by atoms with van der Waals surface area (Å²) < 4.78 is 0. The van der Waals surface area contributed by atoms with E-state index in [9.17, 15) is 20.0 Å². The second-order valence-corrected chi connectivity index (χ2v) is 6.01. The van der Waals surface area contributed by atoms with E-state index in [1.54, 1.807) is 19.1 Å². The lowest BCUT2D eigenvalue weighted by molar-refractivity contribution is -0.137. The topological polar surface area (TPSA) is 134 Å². The van der Waals surface area contributed by atoms with Crippen LogP contribution in [0.3, 0.4) is 0 Å². The van der Waals surface area contributed by atoms with Crippen molar-refractivity contribution in [2.75, 3.05) is 18.2 Å². The summed E-state index contributed by atoms with van der Waals surface area (Å²) in [5, 5.41) is 38.2. The van der Waals surface area contributed by atoms with E-state index in [4.69, 9.17) is 10.2 Å². The monoisotopic (exact) mass is 375 g/mol. The van der Waals surface area contributed by atoms with E-state index in [-0.39, 0.29) is 17.9 Å². The van der Waals surface area contributed by atoms with Gasteiger partial charge >= 0.3 is 5.97 Å². The molecular formula is C19H25N3O5. The van der Waals surface area contributed by atoms with Crippen LogP contribution in [0.5, 0.6) is 0 Å². The minimum absolute atomic E-state index is 0.105. The number of carboxylic acids is 1. The zero-order valence-corrected chi connectivity index (χ0v) is 15.5. The lowest BCUT2D eigenvalue weighted by Gasteiger charge is -2.24. The van der Waals surface area contributed by atoms with E-state index >= 15 is 0 Å². The molecule has 146 valence electrons. The van der Waals surface area contributed by atoms with Gasteiger partial charge in [-0.05, 0) is 43.0 Å². The molecule has 1 unspecified atom stereocenters. The number of carbonyl (C=O) groups is 2. The molecule has 8 heteroatoms. The van der Waals surface area contributed by atoms with Crippen molar-refractivity contribution in [1.29, 1.82) is 5.26 Å². The van der Waals surface area contributed by atoms with Gasteiger partial charge in [0.2, 0.25) is 5.91 Å². The predicted molar refractivity (Wildman–Crippen MR) is 99.7 cm³/mol. The number of aliphatic hydroxyl groups is 2. The SMILES string of the molecule is CC(=O)N(NC/C=C\CCCC(=O)O)c1cc(C)c(C(O)CO)cc1C#N. The van der Waals surface area contributed by atoms with Crippen LogP contribution in [0.2, 0.25) is 0 Å². The zero-order chi connectivity index (χ0) is 20.4. The fourth-order valence-corrected chi connectivity index (χ4v) is 2.52. The van der Waals surface area contributed by atoms with Gasteiger partial charge in [-0.3, -0.25) is 9.59 Å². The molecule has 8 nitrogen and oxygen atoms in total. The summed E-state index contributed by atoms with van der Waals surface area (Å²) in [6, 6.07) is 5.08. The van der Waals surface area contributed by atoms with Gasteiger partial charge in [-0.25, -0.2) is 10.4 Å². The largest absolute Gasteiger partial charge is 0.481 e. The summed E-state index contributed by atoms with van der Waals surface area (Å²) in [6.45, 7) is 2.93. The molecule has 1 aromatic rings. The van der Waals surface area contributed by atoms with Crippen LogP contribution in [-0.2, 0) is 9.59 Å². The highest BCUT2D eigenvalue weighted by atomic mass is 16.4. The third-order valence-electron chi connectivity index (χ3n) is 3.89. The first-order chi connectivity index (χ1) is 12.8. The van der Waals surface area contributed by atoms with Crippen LogP contribution < -0.4 is 10.4 Å². The Morgan fingerprint density at radius 2 is 2.07 bits per heavy atom. The number of carboxylic acid groups (broad SMARTS) is 1. The number of nitriles is 1. The Balaban J connectivity index is 2.90. The molecule has 4 N–H and O–H groups in total. The number of amides is 1. The number of aliphatic hydroxyl groups excluding tert-OH is 2. The van der Waals surface area contributed by atoms with Crippen molar-refractivity contribution in [3.05, 3.63) is 41.0 Å². The minimum atomic E-state index is -1.10. The first kappa shape index (κ1) is 22.3. The van der Waals surface area contributed by atoms with Crippen LogP contribution >= 0.6 is 0 Å². The van der Waals surface area contributed by atoms with Crippen molar-refractivity contribution in [1.82, 2.24) is 5.43 Å². The van der Waals surface area contributed by atoms with E-state index in [0.717, 1.165) is 0 Å². The molecule has 1 aromatic carbocycles. The normalized spacial score (nSPS) is 12.0. The molecule has 0 aromatic heterocycles. The van der Waals surface area contributed by atoms with Gasteiger partial charge in [0.15, 0.2) is 0 Å². The highest BCUT2D eigenvalue weighted by Gasteiger charge is 2.19. The Morgan fingerprint density at radius 1 is 1.37 bits per heavy atom. The molecule has 0 saturated carbocycles. The molecule has 0 aliphatic heterocycles. The van der Waals surface area contributed by atoms with E-state index in [1.165, 1.54) is 18.0 Å². The fourth-order valence-electron chi connectivity index (χ4n) is 2.52. The molecule has 1 amide bonds. The zero-order valence-electron chi connectivity index (χ0n) is 15.5. The van der Waals surface area contributed by atoms with Crippen molar-refractivity contribution in [3.8, 4) is 6.07 Å². The first-order valence-corrected chi connectivity index (χ1v) is 8.56. The van der Waals surface area contributed by atoms with Gasteiger partial charge in [0.1, 0.15) is 12.2 Å². The summed E-state index contributed by atoms with van der Waals surface area (Å²) in [6.07, 6.45) is 3.76. The van der Waals surface area contributed by atoms with Crippen molar-refractivity contribution in [3.63, 3.8) is 0 Å². The van der Waals surface area contributed by atoms with Gasteiger partial charge in [-0.1, -0.05) is 12.2 Å². The number of hydrazine groups is 1. The summed E-state index contributed by atoms with van der Waals surface area (Å²) >= 11 is 0. The molecule has 0 spiro atoms. The fraction of sp³-hybridized carbons (Fsp3) is 0.421. The molecule has 0 saturated heterocycles. The molecule has 27 heavy (non-hydrogen) atoms. The van der Waals surface area contributed by atoms with E-state index in [1.807, 2.05) is 12.1 Å². The number of nitrogens with zero attached hydrogens (tertiary/aromatic N) is 2. The Kier molecular flexibility index (Phi) is 9.16. The van der Waals surface area contributed by atoms with E-state index in [0.29, 0.717) is 36.2 Å². The van der Waals surface area contributed by atoms with E-state index < -0.39 is 18.7 Å². The summed E-state index contributed by atoms with van der Waals surface area (Å²) in [7, 11) is 0. The number of hydrogen-bond donors (Lipinski definition) is 4. The van der Waals surface area contributed by atoms with Gasteiger partial charge in [0.25, 0.3) is 0 Å². The quantitative estimate of drug-likeness (QED) is 0.277. The number of anilines is 1. The third kappa shape index (κ3) is 6.83. The summed E-state index contributed by atoms with van der Waals surface area (Å²) in [5.74, 6) is -1.15. The van der Waals surface area contributed by atoms with Gasteiger partial charge < -0.3 is 15.3 Å². The molecule has 0 heterocycles. The molecular weight excluding hydrogens is 350 g/mol. The number of nitrogens with one attached hydrogen (secondary N) is 1. The van der Waals surface area contributed by atoms with E-state index in [2.05, 4.69) is 5.43 Å². The molecule has 0 bridgehead atoms. The summed E-state index contributed by atoms with van der Waals surface area (Å²) in [5.41, 5.74) is 4.54. The molecule has 0 radical (unpaired) electrons. The third-order valence-corrected chi connectivity index (χ3v) is 3.89. The van der Waals surface area contributed by atoms with Crippen molar-refractivity contribution in [2.45, 2.75) is 39.2 Å². The number of carbonyl (C=O) groups excluding carboxylic acids is 1. The van der Waals surface area contributed by atoms with Gasteiger partial charge in [-0.15, -0.1) is 0 Å². The average molecular weight is 375 g/mol. The highest BCUT2D eigenvalue weighted by molar-refractivity contribution is 5.92. The first-order valence-electron chi connectivity index (χ1n) is 8.56. The molecule has 1 rings (SSSR count). The number of aryl methyl sites for hydroxylation is 1. The Labute approximate surface area is 158 Å². The van der Waals surface area contributed by atoms with Crippen LogP contribution in [0.1, 0.15) is 49.0 Å². The maximum absolute atomic E-state index is 12.0. The predicted octanol–water partition coefficient (Wildman–Crippen LogP) is 1.56. The Bertz CT molecular complexity index is 740. The second-order valence-electron chi connectivity index (χ2n) is 6.01. The Morgan fingerprint density at radius 3 is 2.63 bits per heavy atom. The van der Waals surface area contributed by atoms with Gasteiger partial charge in [0, 0.05) is 19.9 Å². The van der Waals surface area contributed by atoms with Crippen LogP contribution in [0.25, 0.3) is 0 Å². The number of unbranched alkanes of at least 4 members (excludes halogenated alkanes) is 1. The lowest BCUT2D eigenvalue weighted by atomic mass is 9.99. The molecule has 0 aliphatic rings. The van der Waals surface area contributed by atoms with Crippen LogP contribution in [0, 0.1) is 18.3 Å². The average Bonchev–Trinajstić information content (AvgIpc) is 2.62. The lowest BCUT2D eigenvalue weighted by Crippen LogP contribution is -2.42. The van der Waals surface area contributed by atoms with Gasteiger partial charge in [0.05, 0.1) is 17.9 Å². The van der Waals surface area contributed by atoms with Crippen molar-refractivity contribution < 1.29 is 24.9 Å². The molecule has 1 atom stereocenters. The smallest absolute Gasteiger partial charge is 0.303 e.